The molecule has 7 nitrogen and oxygen atoms in total. The van der Waals surface area contributed by atoms with Crippen LogP contribution in [-0.4, -0.2) is 30.8 Å². The fourth-order valence-electron chi connectivity index (χ4n) is 2.08. The summed E-state index contributed by atoms with van der Waals surface area (Å²) in [6.45, 7) is 1.20. The lowest BCUT2D eigenvalue weighted by molar-refractivity contribution is -0.307. The van der Waals surface area contributed by atoms with Crippen LogP contribution in [0.2, 0.25) is 5.02 Å². The average molecular weight is 390 g/mol. The molecule has 0 fully saturated rings. The summed E-state index contributed by atoms with van der Waals surface area (Å²) in [7, 11) is 0. The molecule has 1 N–H and O–H groups in total. The zero-order chi connectivity index (χ0) is 19.6. The molecule has 2 aromatic carbocycles. The van der Waals surface area contributed by atoms with Gasteiger partial charge in [0.15, 0.2) is 6.61 Å². The highest BCUT2D eigenvalue weighted by Gasteiger charge is 2.06. The van der Waals surface area contributed by atoms with Crippen LogP contribution >= 0.6 is 11.6 Å². The molecule has 2 aromatic rings. The van der Waals surface area contributed by atoms with Gasteiger partial charge >= 0.3 is 0 Å². The number of carboxylic acid groups (broad SMARTS) is 1. The van der Waals surface area contributed by atoms with Gasteiger partial charge in [-0.25, -0.2) is 5.43 Å². The molecule has 2 rings (SSSR count). The van der Waals surface area contributed by atoms with E-state index in [0.29, 0.717) is 28.7 Å². The van der Waals surface area contributed by atoms with Crippen LogP contribution in [0.15, 0.2) is 53.6 Å². The second-order valence-corrected chi connectivity index (χ2v) is 5.81. The Balaban J connectivity index is 1.89. The number of ether oxygens (including phenoxy) is 2. The van der Waals surface area contributed by atoms with Crippen LogP contribution in [0.25, 0.3) is 0 Å². The van der Waals surface area contributed by atoms with E-state index in [4.69, 9.17) is 21.1 Å². The minimum Gasteiger partial charge on any atom is -0.546 e. The van der Waals surface area contributed by atoms with Crippen molar-refractivity contribution in [3.8, 4) is 11.5 Å². The number of nitrogens with zero attached hydrogens (tertiary/aromatic N) is 1. The molecule has 0 radical (unpaired) electrons. The first kappa shape index (κ1) is 20.3. The molecule has 0 unspecified atom stereocenters. The molecule has 0 aliphatic heterocycles. The summed E-state index contributed by atoms with van der Waals surface area (Å²) in [5.41, 5.74) is 3.88. The molecule has 27 heavy (non-hydrogen) atoms. The Morgan fingerprint density at radius 2 is 1.56 bits per heavy atom. The summed E-state index contributed by atoms with van der Waals surface area (Å²) in [5.74, 6) is -0.761. The molecule has 142 valence electrons. The fraction of sp³-hybridized carbons (Fsp3) is 0.211. The van der Waals surface area contributed by atoms with Crippen molar-refractivity contribution in [1.29, 1.82) is 0 Å². The SMILES string of the molecule is CC/C(=N/NC(=O)COc1ccc(Cl)cc1)c1ccc(OCC(=O)[O-])cc1. The summed E-state index contributed by atoms with van der Waals surface area (Å²) >= 11 is 5.78. The number of carbonyl (C=O) groups excluding carboxylic acids is 2. The van der Waals surface area contributed by atoms with Crippen molar-refractivity contribution in [2.24, 2.45) is 5.10 Å². The molecule has 0 aromatic heterocycles. The molecule has 0 heterocycles. The van der Waals surface area contributed by atoms with E-state index in [1.54, 1.807) is 48.5 Å². The summed E-state index contributed by atoms with van der Waals surface area (Å²) in [6.07, 6.45) is 0.581. The van der Waals surface area contributed by atoms with Gasteiger partial charge in [0.25, 0.3) is 5.91 Å². The Hall–Kier alpha value is -3.06. The first-order valence-corrected chi connectivity index (χ1v) is 8.52. The minimum absolute atomic E-state index is 0.182. The Bertz CT molecular complexity index is 804. The van der Waals surface area contributed by atoms with Gasteiger partial charge in [0.1, 0.15) is 18.1 Å². The molecule has 0 atom stereocenters. The van der Waals surface area contributed by atoms with Crippen LogP contribution in [-0.2, 0) is 9.59 Å². The Kier molecular flexibility index (Phi) is 7.63. The highest BCUT2D eigenvalue weighted by Crippen LogP contribution is 2.15. The molecule has 0 saturated carbocycles. The predicted molar refractivity (Wildman–Crippen MR) is 98.9 cm³/mol. The van der Waals surface area contributed by atoms with Crippen molar-refractivity contribution in [3.05, 3.63) is 59.1 Å². The van der Waals surface area contributed by atoms with Crippen LogP contribution in [0.3, 0.4) is 0 Å². The van der Waals surface area contributed by atoms with E-state index >= 15 is 0 Å². The summed E-state index contributed by atoms with van der Waals surface area (Å²) in [4.78, 5) is 22.3. The number of rotatable bonds is 9. The molecule has 0 bridgehead atoms. The molecule has 0 spiro atoms. The van der Waals surface area contributed by atoms with Crippen molar-refractivity contribution in [3.63, 3.8) is 0 Å². The smallest absolute Gasteiger partial charge is 0.277 e. The molecule has 1 amide bonds. The Morgan fingerprint density at radius 1 is 1.00 bits per heavy atom. The lowest BCUT2D eigenvalue weighted by Crippen LogP contribution is -2.28. The minimum atomic E-state index is -1.29. The zero-order valence-corrected chi connectivity index (χ0v) is 15.4. The van der Waals surface area contributed by atoms with Crippen LogP contribution in [0.4, 0.5) is 0 Å². The topological polar surface area (TPSA) is 100 Å². The van der Waals surface area contributed by atoms with Crippen molar-refractivity contribution < 1.29 is 24.2 Å². The number of carboxylic acids is 1. The standard InChI is InChI=1S/C19H19ClN2O5/c1-2-17(13-3-7-15(8-4-13)27-12-19(24)25)21-22-18(23)11-26-16-9-5-14(20)6-10-16/h3-10H,2,11-12H2,1H3,(H,22,23)(H,24,25)/p-1/b21-17-. The van der Waals surface area contributed by atoms with Gasteiger partial charge in [-0.1, -0.05) is 18.5 Å². The van der Waals surface area contributed by atoms with Gasteiger partial charge in [-0.3, -0.25) is 4.79 Å². The maximum atomic E-state index is 11.9. The average Bonchev–Trinajstić information content (AvgIpc) is 2.67. The van der Waals surface area contributed by atoms with Crippen molar-refractivity contribution in [2.45, 2.75) is 13.3 Å². The fourth-order valence-corrected chi connectivity index (χ4v) is 2.20. The Labute approximate surface area is 161 Å². The maximum absolute atomic E-state index is 11.9. The Morgan fingerprint density at radius 3 is 2.11 bits per heavy atom. The first-order valence-electron chi connectivity index (χ1n) is 8.14. The van der Waals surface area contributed by atoms with Crippen molar-refractivity contribution in [1.82, 2.24) is 5.43 Å². The van der Waals surface area contributed by atoms with E-state index < -0.39 is 18.5 Å². The third kappa shape index (κ3) is 6.99. The number of hydrazone groups is 1. The summed E-state index contributed by atoms with van der Waals surface area (Å²) < 4.78 is 10.4. The lowest BCUT2D eigenvalue weighted by Gasteiger charge is -2.09. The molecule has 8 heteroatoms. The third-order valence-corrected chi connectivity index (χ3v) is 3.63. The molecule has 0 saturated heterocycles. The second kappa shape index (κ2) is 10.2. The van der Waals surface area contributed by atoms with Gasteiger partial charge in [-0.15, -0.1) is 0 Å². The summed E-state index contributed by atoms with van der Waals surface area (Å²) in [5, 5.41) is 15.1. The lowest BCUT2D eigenvalue weighted by atomic mass is 10.1. The normalized spacial score (nSPS) is 11.0. The van der Waals surface area contributed by atoms with E-state index in [-0.39, 0.29) is 6.61 Å². The van der Waals surface area contributed by atoms with Crippen LogP contribution in [0.1, 0.15) is 18.9 Å². The van der Waals surface area contributed by atoms with Crippen LogP contribution in [0, 0.1) is 0 Å². The van der Waals surface area contributed by atoms with Gasteiger partial charge in [-0.05, 0) is 60.5 Å². The maximum Gasteiger partial charge on any atom is 0.277 e. The van der Waals surface area contributed by atoms with Gasteiger partial charge in [0, 0.05) is 5.02 Å². The van der Waals surface area contributed by atoms with Crippen molar-refractivity contribution in [2.75, 3.05) is 13.2 Å². The van der Waals surface area contributed by atoms with Gasteiger partial charge < -0.3 is 19.4 Å². The van der Waals surface area contributed by atoms with Gasteiger partial charge in [0.2, 0.25) is 0 Å². The van der Waals surface area contributed by atoms with E-state index in [9.17, 15) is 14.7 Å². The van der Waals surface area contributed by atoms with E-state index in [2.05, 4.69) is 10.5 Å². The zero-order valence-electron chi connectivity index (χ0n) is 14.6. The molecule has 0 aliphatic rings. The molecule has 0 aliphatic carbocycles. The number of nitrogens with one attached hydrogen (secondary N) is 1. The third-order valence-electron chi connectivity index (χ3n) is 3.38. The van der Waals surface area contributed by atoms with Gasteiger partial charge in [0.05, 0.1) is 11.7 Å². The van der Waals surface area contributed by atoms with Crippen molar-refractivity contribution >= 4 is 29.2 Å². The largest absolute Gasteiger partial charge is 0.546 e. The van der Waals surface area contributed by atoms with Crippen LogP contribution < -0.4 is 20.0 Å². The second-order valence-electron chi connectivity index (χ2n) is 5.37. The predicted octanol–water partition coefficient (Wildman–Crippen LogP) is 1.78. The quantitative estimate of drug-likeness (QED) is 0.520. The molecular formula is C19H18ClN2O5-. The number of hydrogen-bond acceptors (Lipinski definition) is 6. The number of aliphatic carboxylic acids is 1. The van der Waals surface area contributed by atoms with E-state index in [0.717, 1.165) is 5.56 Å². The summed E-state index contributed by atoms with van der Waals surface area (Å²) in [6, 6.07) is 13.4. The van der Waals surface area contributed by atoms with Crippen LogP contribution in [0.5, 0.6) is 11.5 Å². The molecular weight excluding hydrogens is 372 g/mol. The monoisotopic (exact) mass is 389 g/mol. The highest BCUT2D eigenvalue weighted by atomic mass is 35.5. The first-order chi connectivity index (χ1) is 13.0. The van der Waals surface area contributed by atoms with Gasteiger partial charge in [-0.2, -0.15) is 5.10 Å². The number of carbonyl (C=O) groups is 2. The number of halogens is 1. The number of hydrogen-bond donors (Lipinski definition) is 1. The number of benzene rings is 2. The highest BCUT2D eigenvalue weighted by molar-refractivity contribution is 6.30. The number of amides is 1. The van der Waals surface area contributed by atoms with E-state index in [1.807, 2.05) is 6.92 Å². The van der Waals surface area contributed by atoms with E-state index in [1.165, 1.54) is 0 Å².